The highest BCUT2D eigenvalue weighted by atomic mass is 79.9. The van der Waals surface area contributed by atoms with Crippen LogP contribution in [0.3, 0.4) is 0 Å². The second-order valence-corrected chi connectivity index (χ2v) is 11.8. The molecule has 0 unspecified atom stereocenters. The Morgan fingerprint density at radius 1 is 1.21 bits per heavy atom. The second kappa shape index (κ2) is 5.79. The zero-order valence-electron chi connectivity index (χ0n) is 17.7. The molecule has 7 aliphatic rings. The number of carboxylic acid groups (broad SMARTS) is 1. The molecule has 1 aromatic carbocycles. The molecule has 1 aliphatic heterocycles. The molecule has 7 nitrogen and oxygen atoms in total. The molecule has 2 N–H and O–H groups in total. The van der Waals surface area contributed by atoms with Crippen molar-refractivity contribution in [2.45, 2.75) is 6.04 Å². The number of allylic oxidation sites excluding steroid dienone is 1. The summed E-state index contributed by atoms with van der Waals surface area (Å²) in [7, 11) is 1.34. The average Bonchev–Trinajstić information content (AvgIpc) is 3.39. The summed E-state index contributed by atoms with van der Waals surface area (Å²) in [6, 6.07) is 3.94. The first-order valence-corrected chi connectivity index (χ1v) is 12.8. The van der Waals surface area contributed by atoms with Crippen molar-refractivity contribution >= 4 is 45.0 Å². The highest BCUT2D eigenvalue weighted by molar-refractivity contribution is 9.10. The molecule has 9 rings (SSSR count). The summed E-state index contributed by atoms with van der Waals surface area (Å²) in [6.07, 6.45) is 1.69. The van der Waals surface area contributed by atoms with Crippen LogP contribution in [0.25, 0.3) is 0 Å². The van der Waals surface area contributed by atoms with Crippen LogP contribution in [-0.2, 0) is 14.3 Å². The predicted octanol–water partition coefficient (Wildman–Crippen LogP) is 3.39. The fourth-order valence-electron chi connectivity index (χ4n) is 9.07. The molecule has 1 atom stereocenters. The molecule has 10 heteroatoms. The number of aromatic nitrogens is 1. The van der Waals surface area contributed by atoms with E-state index in [0.717, 1.165) is 5.70 Å². The number of thiazole rings is 1. The Labute approximate surface area is 205 Å². The number of carbonyl (C=O) groups excluding carboxylic acids is 1. The molecule has 6 fully saturated rings. The second-order valence-electron chi connectivity index (χ2n) is 10.1. The Balaban J connectivity index is 1.31. The molecule has 172 valence electrons. The number of nitrogens with one attached hydrogen (secondary N) is 1. The van der Waals surface area contributed by atoms with Gasteiger partial charge in [-0.15, -0.1) is 11.3 Å². The summed E-state index contributed by atoms with van der Waals surface area (Å²) in [5.41, 5.74) is 0.946. The largest absolute Gasteiger partial charge is 0.481 e. The molecule has 2 heterocycles. The van der Waals surface area contributed by atoms with Gasteiger partial charge in [0.15, 0.2) is 10.8 Å². The zero-order chi connectivity index (χ0) is 23.3. The first kappa shape index (κ1) is 19.7. The first-order chi connectivity index (χ1) is 16.4. The van der Waals surface area contributed by atoms with E-state index in [-0.39, 0.29) is 45.4 Å². The molecular weight excluding hydrogens is 525 g/mol. The van der Waals surface area contributed by atoms with E-state index in [1.165, 1.54) is 24.5 Å². The van der Waals surface area contributed by atoms with E-state index < -0.39 is 29.2 Å². The number of benzene rings is 1. The monoisotopic (exact) mass is 541 g/mol. The third-order valence-corrected chi connectivity index (χ3v) is 11.4. The van der Waals surface area contributed by atoms with E-state index in [1.807, 2.05) is 5.38 Å². The Morgan fingerprint density at radius 2 is 1.91 bits per heavy atom. The fraction of sp³-hybridized carbons (Fsp3) is 0.417. The number of carboxylic acids is 1. The Bertz CT molecular complexity index is 1370. The molecule has 0 bridgehead atoms. The van der Waals surface area contributed by atoms with Crippen molar-refractivity contribution in [1.29, 1.82) is 0 Å². The maximum absolute atomic E-state index is 14.5. The predicted molar refractivity (Wildman–Crippen MR) is 121 cm³/mol. The highest BCUT2D eigenvalue weighted by Gasteiger charge is 3.12. The first-order valence-electron chi connectivity index (χ1n) is 11.2. The van der Waals surface area contributed by atoms with E-state index in [1.54, 1.807) is 18.3 Å². The van der Waals surface area contributed by atoms with Gasteiger partial charge in [0.05, 0.1) is 22.6 Å². The maximum atomic E-state index is 14.5. The number of hydrogen-bond donors (Lipinski definition) is 2. The number of halogens is 2. The van der Waals surface area contributed by atoms with Crippen molar-refractivity contribution in [3.05, 3.63) is 61.9 Å². The molecule has 34 heavy (non-hydrogen) atoms. The van der Waals surface area contributed by atoms with Crippen LogP contribution in [0.5, 0.6) is 0 Å². The molecule has 0 radical (unpaired) electrons. The summed E-state index contributed by atoms with van der Waals surface area (Å²) in [4.78, 5) is 34.5. The van der Waals surface area contributed by atoms with Crippen LogP contribution in [0.1, 0.15) is 16.6 Å². The van der Waals surface area contributed by atoms with Gasteiger partial charge in [0, 0.05) is 22.7 Å². The smallest absolute Gasteiger partial charge is 0.338 e. The van der Waals surface area contributed by atoms with E-state index in [0.29, 0.717) is 22.0 Å². The number of hydrogen-bond acceptors (Lipinski definition) is 7. The molecule has 0 spiro atoms. The summed E-state index contributed by atoms with van der Waals surface area (Å²) in [5, 5.41) is 15.9. The van der Waals surface area contributed by atoms with Crippen LogP contribution in [0.4, 0.5) is 4.39 Å². The van der Waals surface area contributed by atoms with Crippen molar-refractivity contribution in [3.8, 4) is 0 Å². The van der Waals surface area contributed by atoms with Gasteiger partial charge in [0.1, 0.15) is 11.9 Å². The number of aliphatic carboxylic acids is 1. The lowest BCUT2D eigenvalue weighted by Crippen LogP contribution is -3.11. The fourth-order valence-corrected chi connectivity index (χ4v) is 10.1. The normalized spacial score (nSPS) is 43.1. The van der Waals surface area contributed by atoms with Gasteiger partial charge in [-0.05, 0) is 63.1 Å². The third-order valence-electron chi connectivity index (χ3n) is 9.79. The summed E-state index contributed by atoms with van der Waals surface area (Å²) >= 11 is 4.79. The minimum atomic E-state index is -0.776. The van der Waals surface area contributed by atoms with Crippen molar-refractivity contribution in [2.24, 2.45) is 51.3 Å². The minimum Gasteiger partial charge on any atom is -0.481 e. The van der Waals surface area contributed by atoms with Crippen molar-refractivity contribution in [1.82, 2.24) is 10.3 Å². The number of ether oxygens (including phenoxy) is 1. The molecule has 0 amide bonds. The van der Waals surface area contributed by atoms with Crippen LogP contribution in [0.15, 0.2) is 50.5 Å². The van der Waals surface area contributed by atoms with Gasteiger partial charge in [-0.2, -0.15) is 0 Å². The number of esters is 1. The Hall–Kier alpha value is -2.59. The lowest BCUT2D eigenvalue weighted by Gasteiger charge is -3.10. The summed E-state index contributed by atoms with van der Waals surface area (Å²) in [5.74, 6) is 0.309. The van der Waals surface area contributed by atoms with Gasteiger partial charge in [-0.1, -0.05) is 12.1 Å². The van der Waals surface area contributed by atoms with Crippen LogP contribution < -0.4 is 5.32 Å². The summed E-state index contributed by atoms with van der Waals surface area (Å²) < 4.78 is 20.0. The lowest BCUT2D eigenvalue weighted by atomic mass is 8.92. The number of aliphatic imine (C=N–C) groups is 1. The van der Waals surface area contributed by atoms with Gasteiger partial charge in [-0.3, -0.25) is 9.79 Å². The van der Waals surface area contributed by atoms with E-state index >= 15 is 0 Å². The van der Waals surface area contributed by atoms with Crippen LogP contribution in [0, 0.1) is 52.2 Å². The van der Waals surface area contributed by atoms with Crippen LogP contribution in [0.2, 0.25) is 0 Å². The van der Waals surface area contributed by atoms with Crippen molar-refractivity contribution in [3.63, 3.8) is 0 Å². The molecule has 2 aromatic rings. The topological polar surface area (TPSA) is 101 Å². The number of methoxy groups -OCH3 is 1. The van der Waals surface area contributed by atoms with Gasteiger partial charge in [0.25, 0.3) is 0 Å². The van der Waals surface area contributed by atoms with Gasteiger partial charge in [-0.25, -0.2) is 14.2 Å². The maximum Gasteiger partial charge on any atom is 0.338 e. The molecule has 1 aromatic heterocycles. The number of nitrogens with zero attached hydrogens (tertiary/aromatic N) is 2. The molecule has 6 saturated carbocycles. The molecule has 6 aliphatic carbocycles. The SMILES string of the molecule is COC(=O)C1=C(C23C4C5C2C2C3C4C52C(=O)O)NC(c2nccs2)=N[C@@H]1c1cccc(F)c1Br. The Kier molecular flexibility index (Phi) is 3.35. The van der Waals surface area contributed by atoms with E-state index in [9.17, 15) is 19.1 Å². The van der Waals surface area contributed by atoms with Crippen molar-refractivity contribution < 1.29 is 23.8 Å². The van der Waals surface area contributed by atoms with Crippen LogP contribution in [-0.4, -0.2) is 35.0 Å². The Morgan fingerprint density at radius 3 is 2.50 bits per heavy atom. The van der Waals surface area contributed by atoms with Gasteiger partial charge < -0.3 is 15.2 Å². The average molecular weight is 542 g/mol. The number of rotatable bonds is 5. The molecule has 0 saturated heterocycles. The third kappa shape index (κ3) is 1.64. The summed E-state index contributed by atoms with van der Waals surface area (Å²) in [6.45, 7) is 0. The number of carbonyl (C=O) groups is 2. The van der Waals surface area contributed by atoms with E-state index in [4.69, 9.17) is 9.73 Å². The van der Waals surface area contributed by atoms with Gasteiger partial charge in [0.2, 0.25) is 0 Å². The number of amidine groups is 1. The van der Waals surface area contributed by atoms with Gasteiger partial charge >= 0.3 is 11.9 Å². The van der Waals surface area contributed by atoms with Crippen LogP contribution >= 0.6 is 27.3 Å². The lowest BCUT2D eigenvalue weighted by molar-refractivity contribution is -0.633. The standard InChI is InChI=1S/C24H17BrFN3O4S/c1-33-21(30)9-17(7-3-2-4-8(26)16(7)25)28-19(20-27-5-6-34-20)29-18(9)23-10-13-11(23)15-12(23)14(10)24(13,15)22(31)32/h2-6,10-15,17H,1H3,(H,28,29)(H,31,32)/t10?,11?,12?,13?,14?,15?,17-,23?,24?/m1/s1. The van der Waals surface area contributed by atoms with Crippen molar-refractivity contribution in [2.75, 3.05) is 7.11 Å². The quantitative estimate of drug-likeness (QED) is 0.562. The zero-order valence-corrected chi connectivity index (χ0v) is 20.1. The van der Waals surface area contributed by atoms with E-state index in [2.05, 4.69) is 26.2 Å². The highest BCUT2D eigenvalue weighted by Crippen LogP contribution is 3.11. The minimum absolute atomic E-state index is 0.194. The molecular formula is C24H17BrFN3O4S.